The summed E-state index contributed by atoms with van der Waals surface area (Å²) in [4.78, 5) is 16.8. The van der Waals surface area contributed by atoms with Crippen molar-refractivity contribution in [1.82, 2.24) is 14.6 Å². The molecular weight excluding hydrogens is 363 g/mol. The van der Waals surface area contributed by atoms with Crippen LogP contribution >= 0.6 is 0 Å². The summed E-state index contributed by atoms with van der Waals surface area (Å²) < 4.78 is 6.67. The summed E-state index contributed by atoms with van der Waals surface area (Å²) in [6, 6.07) is 14.1. The standard InChI is InChI=1S/C22H21BN4O2/c1-29-18-4-2-3-15(11-18)13-25-9-10-26(22(25)28)17-6-7-19-16(12-17)5-8-21-20(19)14-27(23)24-21/h2-4,6-7,11-12,14H,5,8-10,13H2,1H3. The Hall–Kier alpha value is -3.22. The van der Waals surface area contributed by atoms with Crippen LogP contribution in [0.4, 0.5) is 10.5 Å². The molecule has 2 aliphatic rings. The van der Waals surface area contributed by atoms with Crippen molar-refractivity contribution in [3.05, 3.63) is 65.5 Å². The number of hydrogen-bond donors (Lipinski definition) is 0. The molecule has 2 amide bonds. The first-order valence-electron chi connectivity index (χ1n) is 9.78. The number of aromatic nitrogens is 2. The molecule has 0 bridgehead atoms. The quantitative estimate of drug-likeness (QED) is 0.650. The van der Waals surface area contributed by atoms with Crippen molar-refractivity contribution in [1.29, 1.82) is 0 Å². The van der Waals surface area contributed by atoms with E-state index in [1.165, 1.54) is 10.2 Å². The van der Waals surface area contributed by atoms with E-state index in [2.05, 4.69) is 17.2 Å². The largest absolute Gasteiger partial charge is 0.497 e. The Balaban J connectivity index is 1.36. The van der Waals surface area contributed by atoms with Gasteiger partial charge in [0, 0.05) is 37.1 Å². The van der Waals surface area contributed by atoms with Gasteiger partial charge in [0.1, 0.15) is 5.75 Å². The number of rotatable bonds is 4. The van der Waals surface area contributed by atoms with Gasteiger partial charge in [0.2, 0.25) is 0 Å². The molecule has 0 saturated carbocycles. The third-order valence-electron chi connectivity index (χ3n) is 5.73. The first kappa shape index (κ1) is 17.9. The first-order valence-corrected chi connectivity index (χ1v) is 9.78. The number of carbonyl (C=O) groups is 1. The smallest absolute Gasteiger partial charge is 0.324 e. The summed E-state index contributed by atoms with van der Waals surface area (Å²) in [5, 5.41) is 4.34. The molecule has 2 heterocycles. The van der Waals surface area contributed by atoms with Crippen LogP contribution < -0.4 is 9.64 Å². The highest BCUT2D eigenvalue weighted by molar-refractivity contribution is 6.06. The molecule has 29 heavy (non-hydrogen) atoms. The second kappa shape index (κ2) is 6.99. The Morgan fingerprint density at radius 1 is 1.10 bits per heavy atom. The summed E-state index contributed by atoms with van der Waals surface area (Å²) >= 11 is 0. The molecule has 0 spiro atoms. The fraction of sp³-hybridized carbons (Fsp3) is 0.273. The van der Waals surface area contributed by atoms with Gasteiger partial charge in [-0.25, -0.2) is 4.79 Å². The second-order valence-electron chi connectivity index (χ2n) is 7.52. The van der Waals surface area contributed by atoms with Crippen molar-refractivity contribution in [3.63, 3.8) is 0 Å². The summed E-state index contributed by atoms with van der Waals surface area (Å²) in [6.07, 6.45) is 3.64. The number of hydrogen-bond acceptors (Lipinski definition) is 3. The molecule has 0 atom stereocenters. The molecule has 1 saturated heterocycles. The number of ether oxygens (including phenoxy) is 1. The maximum absolute atomic E-state index is 13.0. The molecule has 1 aromatic heterocycles. The van der Waals surface area contributed by atoms with Crippen LogP contribution in [0.25, 0.3) is 11.1 Å². The van der Waals surface area contributed by atoms with Crippen LogP contribution in [0.2, 0.25) is 0 Å². The van der Waals surface area contributed by atoms with Crippen molar-refractivity contribution < 1.29 is 9.53 Å². The highest BCUT2D eigenvalue weighted by Crippen LogP contribution is 2.35. The van der Waals surface area contributed by atoms with Crippen LogP contribution in [0.3, 0.4) is 0 Å². The molecule has 0 N–H and O–H groups in total. The van der Waals surface area contributed by atoms with Crippen molar-refractivity contribution in [2.75, 3.05) is 25.1 Å². The SMILES string of the molecule is [B]n1cc2c(n1)CCc1cc(N3CCN(Cc4cccc(OC)c4)C3=O)ccc1-2. The zero-order chi connectivity index (χ0) is 20.0. The fourth-order valence-corrected chi connectivity index (χ4v) is 4.27. The van der Waals surface area contributed by atoms with E-state index in [9.17, 15) is 4.79 Å². The number of amides is 2. The molecule has 1 aliphatic heterocycles. The van der Waals surface area contributed by atoms with Gasteiger partial charge < -0.3 is 14.2 Å². The number of aryl methyl sites for hydroxylation is 2. The number of nitrogens with zero attached hydrogens (tertiary/aromatic N) is 4. The van der Waals surface area contributed by atoms with Gasteiger partial charge >= 0.3 is 6.03 Å². The number of fused-ring (bicyclic) bond motifs is 3. The minimum Gasteiger partial charge on any atom is -0.497 e. The van der Waals surface area contributed by atoms with Crippen LogP contribution in [0, 0.1) is 0 Å². The van der Waals surface area contributed by atoms with Gasteiger partial charge in [0.25, 0.3) is 7.98 Å². The number of benzene rings is 2. The highest BCUT2D eigenvalue weighted by atomic mass is 16.5. The van der Waals surface area contributed by atoms with E-state index in [-0.39, 0.29) is 6.03 Å². The molecule has 5 rings (SSSR count). The molecule has 3 aromatic rings. The Bertz CT molecular complexity index is 1090. The van der Waals surface area contributed by atoms with Crippen LogP contribution in [0.15, 0.2) is 48.7 Å². The van der Waals surface area contributed by atoms with Crippen molar-refractivity contribution in [2.45, 2.75) is 19.4 Å². The molecule has 7 heteroatoms. The zero-order valence-electron chi connectivity index (χ0n) is 16.3. The lowest BCUT2D eigenvalue weighted by Crippen LogP contribution is -2.31. The summed E-state index contributed by atoms with van der Waals surface area (Å²) in [6.45, 7) is 1.97. The Morgan fingerprint density at radius 3 is 2.86 bits per heavy atom. The third kappa shape index (κ3) is 3.16. The number of methoxy groups -OCH3 is 1. The zero-order valence-corrected chi connectivity index (χ0v) is 16.3. The van der Waals surface area contributed by atoms with Crippen LogP contribution in [-0.2, 0) is 19.4 Å². The number of anilines is 1. The minimum absolute atomic E-state index is 0.0408. The average molecular weight is 384 g/mol. The van der Waals surface area contributed by atoms with E-state index in [4.69, 9.17) is 12.7 Å². The van der Waals surface area contributed by atoms with Gasteiger partial charge in [-0.3, -0.25) is 4.90 Å². The molecule has 0 unspecified atom stereocenters. The minimum atomic E-state index is 0.0408. The third-order valence-corrected chi connectivity index (χ3v) is 5.73. The second-order valence-corrected chi connectivity index (χ2v) is 7.52. The van der Waals surface area contributed by atoms with Gasteiger partial charge in [-0.2, -0.15) is 5.10 Å². The molecule has 1 fully saturated rings. The van der Waals surface area contributed by atoms with Crippen molar-refractivity contribution in [2.24, 2.45) is 0 Å². The van der Waals surface area contributed by atoms with Crippen molar-refractivity contribution >= 4 is 19.7 Å². The van der Waals surface area contributed by atoms with E-state index in [0.29, 0.717) is 19.6 Å². The lowest BCUT2D eigenvalue weighted by molar-refractivity contribution is 0.218. The lowest BCUT2D eigenvalue weighted by atomic mass is 9.89. The number of carbonyl (C=O) groups excluding carboxylic acids is 1. The molecule has 2 aromatic carbocycles. The van der Waals surface area contributed by atoms with Gasteiger partial charge in [0.05, 0.1) is 12.8 Å². The molecule has 1 aliphatic carbocycles. The molecular formula is C22H21BN4O2. The van der Waals surface area contributed by atoms with Gasteiger partial charge in [-0.05, 0) is 53.8 Å². The molecule has 2 radical (unpaired) electrons. The molecule has 144 valence electrons. The van der Waals surface area contributed by atoms with Crippen molar-refractivity contribution in [3.8, 4) is 16.9 Å². The highest BCUT2D eigenvalue weighted by Gasteiger charge is 2.30. The normalized spacial score (nSPS) is 15.4. The van der Waals surface area contributed by atoms with Crippen LogP contribution in [0.1, 0.15) is 16.8 Å². The maximum atomic E-state index is 13.0. The van der Waals surface area contributed by atoms with E-state index in [1.807, 2.05) is 46.3 Å². The predicted octanol–water partition coefficient (Wildman–Crippen LogP) is 3.03. The van der Waals surface area contributed by atoms with E-state index in [0.717, 1.165) is 46.7 Å². The predicted molar refractivity (Wildman–Crippen MR) is 112 cm³/mol. The first-order chi connectivity index (χ1) is 14.1. The lowest BCUT2D eigenvalue weighted by Gasteiger charge is -2.22. The van der Waals surface area contributed by atoms with E-state index in [1.54, 1.807) is 7.11 Å². The van der Waals surface area contributed by atoms with E-state index >= 15 is 0 Å². The molecule has 6 nitrogen and oxygen atoms in total. The van der Waals surface area contributed by atoms with Gasteiger partial charge in [-0.15, -0.1) is 0 Å². The Kier molecular flexibility index (Phi) is 4.30. The summed E-state index contributed by atoms with van der Waals surface area (Å²) in [5.41, 5.74) is 6.54. The summed E-state index contributed by atoms with van der Waals surface area (Å²) in [5.74, 6) is 0.806. The van der Waals surface area contributed by atoms with E-state index < -0.39 is 0 Å². The van der Waals surface area contributed by atoms with Crippen LogP contribution in [0.5, 0.6) is 5.75 Å². The monoisotopic (exact) mass is 384 g/mol. The Labute approximate surface area is 171 Å². The maximum Gasteiger partial charge on any atom is 0.324 e. The van der Waals surface area contributed by atoms with Crippen LogP contribution in [-0.4, -0.2) is 48.8 Å². The van der Waals surface area contributed by atoms with Gasteiger partial charge in [-0.1, -0.05) is 18.2 Å². The number of urea groups is 1. The fourth-order valence-electron chi connectivity index (χ4n) is 4.27. The Morgan fingerprint density at radius 2 is 2.00 bits per heavy atom. The summed E-state index contributed by atoms with van der Waals surface area (Å²) in [7, 11) is 7.45. The van der Waals surface area contributed by atoms with Gasteiger partial charge in [0.15, 0.2) is 0 Å². The topological polar surface area (TPSA) is 50.6 Å². The average Bonchev–Trinajstić information content (AvgIpc) is 3.30.